The summed E-state index contributed by atoms with van der Waals surface area (Å²) in [6, 6.07) is 7.59. The van der Waals surface area contributed by atoms with Crippen molar-refractivity contribution in [1.82, 2.24) is 25.4 Å². The molecular formula is C18H21N7O2. The number of hydrogen-bond acceptors (Lipinski definition) is 5. The summed E-state index contributed by atoms with van der Waals surface area (Å²) in [5.74, 6) is 1.11. The van der Waals surface area contributed by atoms with E-state index in [-0.39, 0.29) is 30.7 Å². The minimum absolute atomic E-state index is 0.122. The molecule has 27 heavy (non-hydrogen) atoms. The quantitative estimate of drug-likeness (QED) is 0.636. The van der Waals surface area contributed by atoms with Gasteiger partial charge in [-0.15, -0.1) is 5.10 Å². The van der Waals surface area contributed by atoms with Gasteiger partial charge in [-0.05, 0) is 18.1 Å². The molecule has 0 radical (unpaired) electrons. The normalized spacial score (nSPS) is 17.2. The number of benzene rings is 1. The molecule has 1 aliphatic heterocycles. The molecule has 0 aliphatic carbocycles. The van der Waals surface area contributed by atoms with Crippen LogP contribution in [0.3, 0.4) is 0 Å². The third kappa shape index (κ3) is 3.40. The van der Waals surface area contributed by atoms with Gasteiger partial charge in [0.2, 0.25) is 17.8 Å². The van der Waals surface area contributed by atoms with Crippen molar-refractivity contribution in [2.24, 2.45) is 11.8 Å². The second-order valence-corrected chi connectivity index (χ2v) is 7.19. The van der Waals surface area contributed by atoms with Crippen LogP contribution in [0.1, 0.15) is 26.1 Å². The lowest BCUT2D eigenvalue weighted by Crippen LogP contribution is -2.28. The maximum absolute atomic E-state index is 12.6. The fraction of sp³-hybridized carbons (Fsp3) is 0.389. The third-order valence-electron chi connectivity index (χ3n) is 4.57. The van der Waals surface area contributed by atoms with Crippen LogP contribution in [0.15, 0.2) is 24.3 Å². The highest BCUT2D eigenvalue weighted by Gasteiger charge is 2.37. The van der Waals surface area contributed by atoms with Gasteiger partial charge in [0.15, 0.2) is 5.82 Å². The zero-order chi connectivity index (χ0) is 19.0. The van der Waals surface area contributed by atoms with E-state index in [0.29, 0.717) is 11.7 Å². The van der Waals surface area contributed by atoms with Crippen LogP contribution in [-0.4, -0.2) is 43.7 Å². The van der Waals surface area contributed by atoms with E-state index in [1.165, 1.54) is 0 Å². The molecule has 1 aromatic carbocycles. The fourth-order valence-corrected chi connectivity index (χ4v) is 3.28. The Bertz CT molecular complexity index is 990. The van der Waals surface area contributed by atoms with Gasteiger partial charge in [-0.3, -0.25) is 30.0 Å². The number of nitrogens with zero attached hydrogens (tertiary/aromatic N) is 4. The summed E-state index contributed by atoms with van der Waals surface area (Å²) >= 11 is 0. The molecule has 1 saturated heterocycles. The van der Waals surface area contributed by atoms with Gasteiger partial charge in [0.05, 0.1) is 11.4 Å². The molecule has 9 nitrogen and oxygen atoms in total. The molecule has 1 aliphatic rings. The minimum atomic E-state index is -0.472. The van der Waals surface area contributed by atoms with Crippen molar-refractivity contribution >= 4 is 34.5 Å². The van der Waals surface area contributed by atoms with E-state index in [0.717, 1.165) is 23.1 Å². The smallest absolute Gasteiger partial charge is 0.248 e. The standard InChI is InChI=1S/C18H21N7O2/c1-10(2)7-14-19-18(24-22-14)20-17(27)11-8-15(26)25(9-11)16-12-5-3-4-6-13(12)21-23-16/h3-6,10-11H,7-9H2,1-2H3,(H,21,23)(H2,19,20,22,24,27)/t11-/m0/s1. The largest absolute Gasteiger partial charge is 0.294 e. The number of hydrogen-bond donors (Lipinski definition) is 3. The number of aromatic nitrogens is 5. The second kappa shape index (κ2) is 6.82. The van der Waals surface area contributed by atoms with Crippen LogP contribution in [0.25, 0.3) is 10.9 Å². The van der Waals surface area contributed by atoms with Crippen molar-refractivity contribution in [3.63, 3.8) is 0 Å². The first-order valence-corrected chi connectivity index (χ1v) is 8.97. The number of anilines is 2. The van der Waals surface area contributed by atoms with Gasteiger partial charge in [-0.1, -0.05) is 26.0 Å². The predicted molar refractivity (Wildman–Crippen MR) is 100 cm³/mol. The van der Waals surface area contributed by atoms with Gasteiger partial charge in [0.25, 0.3) is 0 Å². The molecule has 3 heterocycles. The zero-order valence-corrected chi connectivity index (χ0v) is 15.2. The van der Waals surface area contributed by atoms with E-state index in [1.807, 2.05) is 24.3 Å². The number of carbonyl (C=O) groups is 2. The molecule has 1 atom stereocenters. The number of rotatable bonds is 5. The Balaban J connectivity index is 1.45. The highest BCUT2D eigenvalue weighted by Crippen LogP contribution is 2.29. The van der Waals surface area contributed by atoms with E-state index in [1.54, 1.807) is 4.90 Å². The van der Waals surface area contributed by atoms with Gasteiger partial charge in [0, 0.05) is 24.8 Å². The van der Waals surface area contributed by atoms with Crippen LogP contribution in [-0.2, 0) is 16.0 Å². The molecule has 0 saturated carbocycles. The lowest BCUT2D eigenvalue weighted by atomic mass is 10.1. The molecule has 0 unspecified atom stereocenters. The van der Waals surface area contributed by atoms with Gasteiger partial charge in [-0.2, -0.15) is 10.1 Å². The van der Waals surface area contributed by atoms with Gasteiger partial charge in [-0.25, -0.2) is 0 Å². The fourth-order valence-electron chi connectivity index (χ4n) is 3.28. The van der Waals surface area contributed by atoms with Crippen LogP contribution in [0.4, 0.5) is 11.8 Å². The summed E-state index contributed by atoms with van der Waals surface area (Å²) in [6.07, 6.45) is 0.890. The molecule has 0 bridgehead atoms. The highest BCUT2D eigenvalue weighted by molar-refractivity contribution is 6.06. The number of amides is 2. The van der Waals surface area contributed by atoms with Crippen molar-refractivity contribution in [1.29, 1.82) is 0 Å². The number of carbonyl (C=O) groups excluding carboxylic acids is 2. The summed E-state index contributed by atoms with van der Waals surface area (Å²) in [5, 5.41) is 17.6. The first-order valence-electron chi connectivity index (χ1n) is 8.97. The SMILES string of the molecule is CC(C)Cc1nc(NC(=O)[C@H]2CC(=O)N(c3n[nH]c4ccccc34)C2)n[nH]1. The predicted octanol–water partition coefficient (Wildman–Crippen LogP) is 1.87. The molecule has 9 heteroatoms. The van der Waals surface area contributed by atoms with Gasteiger partial charge < -0.3 is 0 Å². The maximum atomic E-state index is 12.6. The summed E-state index contributed by atoms with van der Waals surface area (Å²) in [7, 11) is 0. The number of aromatic amines is 2. The molecule has 3 aromatic rings. The van der Waals surface area contributed by atoms with Gasteiger partial charge >= 0.3 is 0 Å². The Morgan fingerprint density at radius 1 is 1.30 bits per heavy atom. The van der Waals surface area contributed by atoms with Crippen LogP contribution < -0.4 is 10.2 Å². The van der Waals surface area contributed by atoms with E-state index in [4.69, 9.17) is 0 Å². The van der Waals surface area contributed by atoms with E-state index in [2.05, 4.69) is 44.5 Å². The van der Waals surface area contributed by atoms with Crippen molar-refractivity contribution in [2.75, 3.05) is 16.8 Å². The van der Waals surface area contributed by atoms with E-state index < -0.39 is 5.92 Å². The molecule has 0 spiro atoms. The third-order valence-corrected chi connectivity index (χ3v) is 4.57. The minimum Gasteiger partial charge on any atom is -0.294 e. The molecule has 140 valence electrons. The molecule has 1 fully saturated rings. The summed E-state index contributed by atoms with van der Waals surface area (Å²) in [5.41, 5.74) is 0.853. The molecule has 3 N–H and O–H groups in total. The Morgan fingerprint density at radius 3 is 2.93 bits per heavy atom. The Kier molecular flexibility index (Phi) is 4.35. The van der Waals surface area contributed by atoms with Crippen LogP contribution in [0.5, 0.6) is 0 Å². The first kappa shape index (κ1) is 17.2. The average Bonchev–Trinajstić information content (AvgIpc) is 3.33. The van der Waals surface area contributed by atoms with Gasteiger partial charge in [0.1, 0.15) is 5.82 Å². The number of fused-ring (bicyclic) bond motifs is 1. The van der Waals surface area contributed by atoms with Crippen molar-refractivity contribution in [3.8, 4) is 0 Å². The number of nitrogens with one attached hydrogen (secondary N) is 3. The molecule has 2 amide bonds. The maximum Gasteiger partial charge on any atom is 0.248 e. The topological polar surface area (TPSA) is 120 Å². The Morgan fingerprint density at radius 2 is 2.11 bits per heavy atom. The summed E-state index contributed by atoms with van der Waals surface area (Å²) < 4.78 is 0. The van der Waals surface area contributed by atoms with E-state index in [9.17, 15) is 9.59 Å². The summed E-state index contributed by atoms with van der Waals surface area (Å²) in [6.45, 7) is 4.44. The van der Waals surface area contributed by atoms with Crippen LogP contribution in [0, 0.1) is 11.8 Å². The van der Waals surface area contributed by atoms with Crippen LogP contribution >= 0.6 is 0 Å². The number of para-hydroxylation sites is 1. The average molecular weight is 367 g/mol. The Hall–Kier alpha value is -3.23. The van der Waals surface area contributed by atoms with E-state index >= 15 is 0 Å². The molecular weight excluding hydrogens is 346 g/mol. The molecule has 4 rings (SSSR count). The summed E-state index contributed by atoms with van der Waals surface area (Å²) in [4.78, 5) is 30.9. The number of H-pyrrole nitrogens is 2. The molecule has 2 aromatic heterocycles. The van der Waals surface area contributed by atoms with Crippen LogP contribution in [0.2, 0.25) is 0 Å². The highest BCUT2D eigenvalue weighted by atomic mass is 16.2. The van der Waals surface area contributed by atoms with Crippen molar-refractivity contribution in [2.45, 2.75) is 26.7 Å². The first-order chi connectivity index (χ1) is 13.0. The lowest BCUT2D eigenvalue weighted by Gasteiger charge is -2.13. The van der Waals surface area contributed by atoms with Crippen molar-refractivity contribution in [3.05, 3.63) is 30.1 Å². The van der Waals surface area contributed by atoms with Crippen molar-refractivity contribution < 1.29 is 9.59 Å². The second-order valence-electron chi connectivity index (χ2n) is 7.19. The monoisotopic (exact) mass is 367 g/mol. The zero-order valence-electron chi connectivity index (χ0n) is 15.2. The lowest BCUT2D eigenvalue weighted by molar-refractivity contribution is -0.122. The Labute approximate surface area is 155 Å².